The fourth-order valence-corrected chi connectivity index (χ4v) is 5.04. The Hall–Kier alpha value is -1.59. The second kappa shape index (κ2) is 11.9. The van der Waals surface area contributed by atoms with Crippen molar-refractivity contribution in [3.63, 3.8) is 0 Å². The summed E-state index contributed by atoms with van der Waals surface area (Å²) in [5.41, 5.74) is 2.61. The standard InChI is InChI=1S/C28H30Cl3NO2/c1-2-15-32-16-14-28(23-9-11-24(29)12-10-23,34-20-21-6-4-3-5-7-21)27(18-32)33-19-22-8-13-25(30)26(31)17-22/h3-13,17,27H,2,14-16,18-20H2,1H3/t27-,28-/m0/s1. The molecule has 0 N–H and O–H groups in total. The molecule has 0 radical (unpaired) electrons. The first-order valence-corrected chi connectivity index (χ1v) is 12.9. The van der Waals surface area contributed by atoms with Gasteiger partial charge in [0.25, 0.3) is 0 Å². The third-order valence-corrected chi connectivity index (χ3v) is 7.38. The topological polar surface area (TPSA) is 21.7 Å². The van der Waals surface area contributed by atoms with E-state index >= 15 is 0 Å². The Morgan fingerprint density at radius 2 is 1.65 bits per heavy atom. The second-order valence-corrected chi connectivity index (χ2v) is 10.0. The zero-order valence-electron chi connectivity index (χ0n) is 19.4. The highest BCUT2D eigenvalue weighted by Gasteiger charge is 2.46. The number of nitrogens with zero attached hydrogens (tertiary/aromatic N) is 1. The lowest BCUT2D eigenvalue weighted by molar-refractivity contribution is -0.193. The van der Waals surface area contributed by atoms with E-state index in [4.69, 9.17) is 44.3 Å². The fraction of sp³-hybridized carbons (Fsp3) is 0.357. The van der Waals surface area contributed by atoms with E-state index in [1.165, 1.54) is 0 Å². The predicted octanol–water partition coefficient (Wildman–Crippen LogP) is 7.76. The summed E-state index contributed by atoms with van der Waals surface area (Å²) >= 11 is 18.6. The Morgan fingerprint density at radius 3 is 2.35 bits per heavy atom. The SMILES string of the molecule is CCCN1CC[C@](OCc2ccccc2)(c2ccc(Cl)cc2)[C@@H](OCc2ccc(Cl)c(Cl)c2)C1. The minimum absolute atomic E-state index is 0.174. The summed E-state index contributed by atoms with van der Waals surface area (Å²) in [4.78, 5) is 2.46. The monoisotopic (exact) mass is 517 g/mol. The van der Waals surface area contributed by atoms with E-state index in [2.05, 4.69) is 36.1 Å². The van der Waals surface area contributed by atoms with Crippen molar-refractivity contribution in [2.45, 2.75) is 44.7 Å². The molecular formula is C28H30Cl3NO2. The summed E-state index contributed by atoms with van der Waals surface area (Å²) < 4.78 is 13.4. The van der Waals surface area contributed by atoms with Gasteiger partial charge < -0.3 is 14.4 Å². The van der Waals surface area contributed by atoms with Gasteiger partial charge in [0.1, 0.15) is 11.7 Å². The Bertz CT molecular complexity index is 1060. The minimum atomic E-state index is -0.596. The molecule has 1 fully saturated rings. The molecule has 3 aromatic rings. The highest BCUT2D eigenvalue weighted by molar-refractivity contribution is 6.42. The molecule has 0 spiro atoms. The van der Waals surface area contributed by atoms with Crippen molar-refractivity contribution >= 4 is 34.8 Å². The Balaban J connectivity index is 1.65. The van der Waals surface area contributed by atoms with Gasteiger partial charge in [0.15, 0.2) is 0 Å². The molecule has 2 atom stereocenters. The number of ether oxygens (including phenoxy) is 2. The molecule has 1 aliphatic rings. The molecule has 1 saturated heterocycles. The number of halogens is 3. The van der Waals surface area contributed by atoms with Gasteiger partial charge in [0.2, 0.25) is 0 Å². The highest BCUT2D eigenvalue weighted by atomic mass is 35.5. The zero-order valence-corrected chi connectivity index (χ0v) is 21.6. The largest absolute Gasteiger partial charge is 0.369 e. The van der Waals surface area contributed by atoms with Gasteiger partial charge in [0, 0.05) is 18.1 Å². The quantitative estimate of drug-likeness (QED) is 0.289. The maximum atomic E-state index is 6.81. The van der Waals surface area contributed by atoms with Crippen LogP contribution in [0.15, 0.2) is 72.8 Å². The number of benzene rings is 3. The van der Waals surface area contributed by atoms with E-state index in [0.717, 1.165) is 49.2 Å². The molecule has 1 heterocycles. The zero-order chi connectivity index (χ0) is 24.0. The van der Waals surface area contributed by atoms with Crippen LogP contribution in [-0.4, -0.2) is 30.6 Å². The predicted molar refractivity (Wildman–Crippen MR) is 141 cm³/mol. The van der Waals surface area contributed by atoms with Gasteiger partial charge in [-0.05, 0) is 60.3 Å². The molecule has 6 heteroatoms. The number of hydrogen-bond donors (Lipinski definition) is 0. The molecule has 34 heavy (non-hydrogen) atoms. The van der Waals surface area contributed by atoms with E-state index in [1.54, 1.807) is 0 Å². The summed E-state index contributed by atoms with van der Waals surface area (Å²) in [6.45, 7) is 5.89. The van der Waals surface area contributed by atoms with Gasteiger partial charge in [-0.1, -0.05) is 90.3 Å². The van der Waals surface area contributed by atoms with Crippen LogP contribution in [0.5, 0.6) is 0 Å². The summed E-state index contributed by atoms with van der Waals surface area (Å²) in [5, 5.41) is 1.78. The van der Waals surface area contributed by atoms with Crippen molar-refractivity contribution in [1.82, 2.24) is 4.90 Å². The first-order valence-electron chi connectivity index (χ1n) is 11.7. The van der Waals surface area contributed by atoms with Crippen LogP contribution in [-0.2, 0) is 28.3 Å². The highest BCUT2D eigenvalue weighted by Crippen LogP contribution is 2.40. The van der Waals surface area contributed by atoms with Gasteiger partial charge in [0.05, 0.1) is 23.3 Å². The molecular weight excluding hydrogens is 489 g/mol. The van der Waals surface area contributed by atoms with Crippen LogP contribution in [0.3, 0.4) is 0 Å². The maximum absolute atomic E-state index is 6.81. The van der Waals surface area contributed by atoms with Crippen molar-refractivity contribution in [3.05, 3.63) is 105 Å². The lowest BCUT2D eigenvalue weighted by Gasteiger charge is -2.47. The lowest BCUT2D eigenvalue weighted by atomic mass is 9.81. The number of piperidine rings is 1. The van der Waals surface area contributed by atoms with Crippen molar-refractivity contribution in [3.8, 4) is 0 Å². The average Bonchev–Trinajstić information content (AvgIpc) is 2.85. The van der Waals surface area contributed by atoms with Crippen LogP contribution in [0, 0.1) is 0 Å². The van der Waals surface area contributed by atoms with Crippen LogP contribution in [0.1, 0.15) is 36.5 Å². The molecule has 0 bridgehead atoms. The van der Waals surface area contributed by atoms with E-state index in [1.807, 2.05) is 48.5 Å². The normalized spacial score (nSPS) is 21.0. The lowest BCUT2D eigenvalue weighted by Crippen LogP contribution is -2.56. The molecule has 1 aliphatic heterocycles. The van der Waals surface area contributed by atoms with Crippen molar-refractivity contribution in [2.24, 2.45) is 0 Å². The Labute approximate surface area is 217 Å². The molecule has 0 unspecified atom stereocenters. The first kappa shape index (κ1) is 25.5. The van der Waals surface area contributed by atoms with Crippen LogP contribution >= 0.6 is 34.8 Å². The van der Waals surface area contributed by atoms with E-state index in [9.17, 15) is 0 Å². The molecule has 180 valence electrons. The molecule has 0 saturated carbocycles. The number of likely N-dealkylation sites (tertiary alicyclic amines) is 1. The Kier molecular flexibility index (Phi) is 8.92. The van der Waals surface area contributed by atoms with Gasteiger partial charge in [-0.25, -0.2) is 0 Å². The Morgan fingerprint density at radius 1 is 0.882 bits per heavy atom. The second-order valence-electron chi connectivity index (χ2n) is 8.77. The van der Waals surface area contributed by atoms with Crippen LogP contribution in [0.25, 0.3) is 0 Å². The summed E-state index contributed by atoms with van der Waals surface area (Å²) in [6.07, 6.45) is 1.75. The molecule has 3 nitrogen and oxygen atoms in total. The maximum Gasteiger partial charge on any atom is 0.122 e. The van der Waals surface area contributed by atoms with E-state index < -0.39 is 5.60 Å². The van der Waals surface area contributed by atoms with Crippen LogP contribution in [0.4, 0.5) is 0 Å². The van der Waals surface area contributed by atoms with Crippen molar-refractivity contribution < 1.29 is 9.47 Å². The van der Waals surface area contributed by atoms with Gasteiger partial charge >= 0.3 is 0 Å². The molecule has 3 aromatic carbocycles. The summed E-state index contributed by atoms with van der Waals surface area (Å²) in [6, 6.07) is 23.9. The first-order chi connectivity index (χ1) is 16.5. The molecule has 0 aromatic heterocycles. The fourth-order valence-electron chi connectivity index (χ4n) is 4.59. The number of rotatable bonds is 9. The van der Waals surface area contributed by atoms with Gasteiger partial charge in [-0.3, -0.25) is 0 Å². The van der Waals surface area contributed by atoms with Gasteiger partial charge in [-0.15, -0.1) is 0 Å². The van der Waals surface area contributed by atoms with Crippen LogP contribution in [0.2, 0.25) is 15.1 Å². The number of hydrogen-bond acceptors (Lipinski definition) is 3. The van der Waals surface area contributed by atoms with Crippen LogP contribution < -0.4 is 0 Å². The third-order valence-electron chi connectivity index (χ3n) is 6.39. The molecule has 4 rings (SSSR count). The van der Waals surface area contributed by atoms with Gasteiger partial charge in [-0.2, -0.15) is 0 Å². The van der Waals surface area contributed by atoms with E-state index in [0.29, 0.717) is 28.3 Å². The molecule has 0 aliphatic carbocycles. The minimum Gasteiger partial charge on any atom is -0.369 e. The van der Waals surface area contributed by atoms with Crippen molar-refractivity contribution in [1.29, 1.82) is 0 Å². The summed E-state index contributed by atoms with van der Waals surface area (Å²) in [5.74, 6) is 0. The average molecular weight is 519 g/mol. The van der Waals surface area contributed by atoms with E-state index in [-0.39, 0.29) is 6.10 Å². The molecule has 0 amide bonds. The third kappa shape index (κ3) is 6.15. The summed E-state index contributed by atoms with van der Waals surface area (Å²) in [7, 11) is 0. The van der Waals surface area contributed by atoms with Crippen molar-refractivity contribution in [2.75, 3.05) is 19.6 Å². The smallest absolute Gasteiger partial charge is 0.122 e.